The number of carbonyl (C=O) groups excluding carboxylic acids is 1. The van der Waals surface area contributed by atoms with Gasteiger partial charge in [-0.25, -0.2) is 0 Å². The van der Waals surface area contributed by atoms with Gasteiger partial charge in [-0.2, -0.15) is 0 Å². The lowest BCUT2D eigenvalue weighted by molar-refractivity contribution is -0.274. The molecule has 150 valence electrons. The van der Waals surface area contributed by atoms with Crippen LogP contribution in [0, 0.1) is 5.92 Å². The second-order valence-corrected chi connectivity index (χ2v) is 6.97. The Balaban J connectivity index is 1.54. The summed E-state index contributed by atoms with van der Waals surface area (Å²) in [6, 6.07) is 19.0. The minimum Gasteiger partial charge on any atom is -0.406 e. The van der Waals surface area contributed by atoms with E-state index in [9.17, 15) is 18.0 Å². The number of rotatable bonds is 4. The number of amides is 1. The molecule has 0 aliphatic carbocycles. The average molecular weight is 400 g/mol. The summed E-state index contributed by atoms with van der Waals surface area (Å²) < 4.78 is 42.9. The standard InChI is InChI=1S/C22H19F3N2O2/c23-22(24,25)29-17-10-8-16(9-11-17)26-21(28)18-12-14-27-13-4-7-19(27)20(18)15-5-2-1-3-6-15/h1-11,13,18,20H,12,14H2,(H,26,28). The molecule has 1 amide bonds. The maximum Gasteiger partial charge on any atom is 0.573 e. The van der Waals surface area contributed by atoms with Crippen molar-refractivity contribution in [3.8, 4) is 5.75 Å². The zero-order valence-electron chi connectivity index (χ0n) is 15.4. The number of nitrogens with one attached hydrogen (secondary N) is 1. The first-order valence-electron chi connectivity index (χ1n) is 9.27. The number of hydrogen-bond donors (Lipinski definition) is 1. The van der Waals surface area contributed by atoms with E-state index in [0.29, 0.717) is 12.1 Å². The van der Waals surface area contributed by atoms with E-state index in [1.807, 2.05) is 48.7 Å². The summed E-state index contributed by atoms with van der Waals surface area (Å²) in [5.41, 5.74) is 2.56. The molecule has 3 aromatic rings. The number of anilines is 1. The molecular formula is C22H19F3N2O2. The topological polar surface area (TPSA) is 43.3 Å². The fourth-order valence-corrected chi connectivity index (χ4v) is 3.89. The number of aryl methyl sites for hydroxylation is 1. The number of halogens is 3. The van der Waals surface area contributed by atoms with Crippen LogP contribution in [0.25, 0.3) is 0 Å². The number of nitrogens with zero attached hydrogens (tertiary/aromatic N) is 1. The lowest BCUT2D eigenvalue weighted by Crippen LogP contribution is -2.34. The molecule has 1 aliphatic heterocycles. The van der Waals surface area contributed by atoms with E-state index in [0.717, 1.165) is 17.8 Å². The van der Waals surface area contributed by atoms with Crippen LogP contribution in [0.3, 0.4) is 0 Å². The van der Waals surface area contributed by atoms with Crippen LogP contribution in [0.2, 0.25) is 0 Å². The Kier molecular flexibility index (Phi) is 5.05. The zero-order valence-corrected chi connectivity index (χ0v) is 15.4. The van der Waals surface area contributed by atoms with Crippen molar-refractivity contribution in [2.45, 2.75) is 25.2 Å². The molecule has 1 aliphatic rings. The maximum atomic E-state index is 13.1. The lowest BCUT2D eigenvalue weighted by Gasteiger charge is -2.33. The van der Waals surface area contributed by atoms with Crippen molar-refractivity contribution in [2.75, 3.05) is 5.32 Å². The Hall–Kier alpha value is -3.22. The van der Waals surface area contributed by atoms with E-state index >= 15 is 0 Å². The van der Waals surface area contributed by atoms with E-state index in [2.05, 4.69) is 14.6 Å². The molecule has 0 fully saturated rings. The lowest BCUT2D eigenvalue weighted by atomic mass is 9.79. The van der Waals surface area contributed by atoms with Crippen molar-refractivity contribution >= 4 is 11.6 Å². The largest absolute Gasteiger partial charge is 0.573 e. The van der Waals surface area contributed by atoms with Gasteiger partial charge in [-0.05, 0) is 48.4 Å². The molecule has 0 spiro atoms. The molecule has 0 radical (unpaired) electrons. The Labute approximate surface area is 165 Å². The number of fused-ring (bicyclic) bond motifs is 1. The van der Waals surface area contributed by atoms with Gasteiger partial charge in [-0.1, -0.05) is 30.3 Å². The van der Waals surface area contributed by atoms with E-state index in [4.69, 9.17) is 0 Å². The summed E-state index contributed by atoms with van der Waals surface area (Å²) in [7, 11) is 0. The van der Waals surface area contributed by atoms with E-state index in [-0.39, 0.29) is 23.5 Å². The van der Waals surface area contributed by atoms with Crippen LogP contribution >= 0.6 is 0 Å². The smallest absolute Gasteiger partial charge is 0.406 e. The average Bonchev–Trinajstić information content (AvgIpc) is 3.17. The number of carbonyl (C=O) groups is 1. The van der Waals surface area contributed by atoms with Crippen molar-refractivity contribution in [3.05, 3.63) is 84.2 Å². The summed E-state index contributed by atoms with van der Waals surface area (Å²) in [6.07, 6.45) is -2.06. The number of hydrogen-bond acceptors (Lipinski definition) is 2. The van der Waals surface area contributed by atoms with Gasteiger partial charge in [0.1, 0.15) is 5.75 Å². The predicted octanol–water partition coefficient (Wildman–Crippen LogP) is 5.18. The molecule has 1 aromatic heterocycles. The molecule has 2 aromatic carbocycles. The van der Waals surface area contributed by atoms with Gasteiger partial charge in [-0.3, -0.25) is 4.79 Å². The molecule has 2 heterocycles. The first-order chi connectivity index (χ1) is 13.9. The third kappa shape index (κ3) is 4.29. The second-order valence-electron chi connectivity index (χ2n) is 6.97. The summed E-state index contributed by atoms with van der Waals surface area (Å²) >= 11 is 0. The SMILES string of the molecule is O=C(Nc1ccc(OC(F)(F)F)cc1)C1CCn2cccc2C1c1ccccc1. The number of ether oxygens (including phenoxy) is 1. The van der Waals surface area contributed by atoms with Gasteiger partial charge >= 0.3 is 6.36 Å². The maximum absolute atomic E-state index is 13.1. The van der Waals surface area contributed by atoms with E-state index in [1.165, 1.54) is 24.3 Å². The van der Waals surface area contributed by atoms with Crippen LogP contribution in [-0.2, 0) is 11.3 Å². The molecule has 0 bridgehead atoms. The first-order valence-corrected chi connectivity index (χ1v) is 9.27. The molecule has 7 heteroatoms. The fraction of sp³-hybridized carbons (Fsp3) is 0.227. The van der Waals surface area contributed by atoms with Crippen LogP contribution in [0.1, 0.15) is 23.6 Å². The summed E-state index contributed by atoms with van der Waals surface area (Å²) in [4.78, 5) is 13.1. The van der Waals surface area contributed by atoms with Crippen LogP contribution in [0.4, 0.5) is 18.9 Å². The van der Waals surface area contributed by atoms with Crippen molar-refractivity contribution in [1.82, 2.24) is 4.57 Å². The Morgan fingerprint density at radius 1 is 1.00 bits per heavy atom. The third-order valence-corrected chi connectivity index (χ3v) is 5.12. The molecule has 1 N–H and O–H groups in total. The molecular weight excluding hydrogens is 381 g/mol. The molecule has 4 nitrogen and oxygen atoms in total. The van der Waals surface area contributed by atoms with Crippen molar-refractivity contribution in [3.63, 3.8) is 0 Å². The number of aromatic nitrogens is 1. The van der Waals surface area contributed by atoms with Gasteiger partial charge in [0.15, 0.2) is 0 Å². The molecule has 0 saturated heterocycles. The Morgan fingerprint density at radius 2 is 1.72 bits per heavy atom. The third-order valence-electron chi connectivity index (χ3n) is 5.12. The minimum atomic E-state index is -4.75. The summed E-state index contributed by atoms with van der Waals surface area (Å²) in [5.74, 6) is -0.859. The summed E-state index contributed by atoms with van der Waals surface area (Å²) in [5, 5.41) is 2.84. The van der Waals surface area contributed by atoms with Crippen molar-refractivity contribution in [1.29, 1.82) is 0 Å². The van der Waals surface area contributed by atoms with E-state index < -0.39 is 6.36 Å². The zero-order chi connectivity index (χ0) is 20.4. The minimum absolute atomic E-state index is 0.0900. The predicted molar refractivity (Wildman–Crippen MR) is 103 cm³/mol. The van der Waals surface area contributed by atoms with Crippen LogP contribution in [0.5, 0.6) is 5.75 Å². The van der Waals surface area contributed by atoms with Crippen LogP contribution in [0.15, 0.2) is 72.9 Å². The van der Waals surface area contributed by atoms with Crippen molar-refractivity contribution < 1.29 is 22.7 Å². The molecule has 2 unspecified atom stereocenters. The normalized spacial score (nSPS) is 18.7. The molecule has 2 atom stereocenters. The van der Waals surface area contributed by atoms with Crippen LogP contribution < -0.4 is 10.1 Å². The first kappa shape index (κ1) is 19.1. The van der Waals surface area contributed by atoms with Gasteiger partial charge in [0.05, 0.1) is 5.92 Å². The monoisotopic (exact) mass is 400 g/mol. The fourth-order valence-electron chi connectivity index (χ4n) is 3.89. The quantitative estimate of drug-likeness (QED) is 0.656. The highest BCUT2D eigenvalue weighted by atomic mass is 19.4. The van der Waals surface area contributed by atoms with Crippen LogP contribution in [-0.4, -0.2) is 16.8 Å². The van der Waals surface area contributed by atoms with Crippen molar-refractivity contribution in [2.24, 2.45) is 5.92 Å². The van der Waals surface area contributed by atoms with Gasteiger partial charge in [0.25, 0.3) is 0 Å². The second kappa shape index (κ2) is 7.66. The van der Waals surface area contributed by atoms with Gasteiger partial charge in [-0.15, -0.1) is 13.2 Å². The van der Waals surface area contributed by atoms with Gasteiger partial charge in [0.2, 0.25) is 5.91 Å². The number of alkyl halides is 3. The molecule has 4 rings (SSSR count). The highest BCUT2D eigenvalue weighted by molar-refractivity contribution is 5.93. The highest BCUT2D eigenvalue weighted by Gasteiger charge is 2.35. The van der Waals surface area contributed by atoms with E-state index in [1.54, 1.807) is 0 Å². The van der Waals surface area contributed by atoms with Gasteiger partial charge in [0, 0.05) is 30.0 Å². The van der Waals surface area contributed by atoms with Gasteiger partial charge < -0.3 is 14.6 Å². The summed E-state index contributed by atoms with van der Waals surface area (Å²) in [6.45, 7) is 0.738. The highest BCUT2D eigenvalue weighted by Crippen LogP contribution is 2.39. The Bertz CT molecular complexity index is 981. The number of benzene rings is 2. The molecule has 29 heavy (non-hydrogen) atoms. The molecule has 0 saturated carbocycles. The Morgan fingerprint density at radius 3 is 2.41 bits per heavy atom.